The van der Waals surface area contributed by atoms with E-state index in [1.807, 2.05) is 41.8 Å². The molecule has 0 aliphatic carbocycles. The highest BCUT2D eigenvalue weighted by Crippen LogP contribution is 2.33. The van der Waals surface area contributed by atoms with E-state index in [1.54, 1.807) is 29.2 Å². The predicted octanol–water partition coefficient (Wildman–Crippen LogP) is 3.35. The zero-order chi connectivity index (χ0) is 26.4. The number of nitriles is 1. The molecule has 6 rings (SSSR count). The van der Waals surface area contributed by atoms with Crippen LogP contribution in [-0.4, -0.2) is 61.7 Å². The van der Waals surface area contributed by atoms with Gasteiger partial charge in [0.1, 0.15) is 6.23 Å². The van der Waals surface area contributed by atoms with E-state index in [0.29, 0.717) is 43.3 Å². The number of aliphatic hydroxyl groups is 1. The van der Waals surface area contributed by atoms with E-state index < -0.39 is 6.23 Å². The molecule has 0 radical (unpaired) electrons. The Labute approximate surface area is 220 Å². The molecule has 0 bridgehead atoms. The fraction of sp³-hybridized carbons (Fsp3) is 0.393. The van der Waals surface area contributed by atoms with Crippen molar-refractivity contribution in [1.82, 2.24) is 24.8 Å². The van der Waals surface area contributed by atoms with Gasteiger partial charge in [-0.25, -0.2) is 0 Å². The predicted molar refractivity (Wildman–Crippen MR) is 140 cm³/mol. The van der Waals surface area contributed by atoms with Gasteiger partial charge in [-0.2, -0.15) is 15.3 Å². The molecule has 2 aromatic heterocycles. The Morgan fingerprint density at radius 2 is 1.92 bits per heavy atom. The van der Waals surface area contributed by atoms with Gasteiger partial charge >= 0.3 is 0 Å². The van der Waals surface area contributed by atoms with Crippen LogP contribution in [0, 0.1) is 24.2 Å². The van der Waals surface area contributed by atoms with E-state index in [1.165, 1.54) is 0 Å². The van der Waals surface area contributed by atoms with Crippen molar-refractivity contribution < 1.29 is 14.4 Å². The van der Waals surface area contributed by atoms with Gasteiger partial charge in [0.2, 0.25) is 17.6 Å². The average Bonchev–Trinajstić information content (AvgIpc) is 3.66. The summed E-state index contributed by atoms with van der Waals surface area (Å²) in [5.74, 6) is 1.14. The van der Waals surface area contributed by atoms with Crippen molar-refractivity contribution in [2.24, 2.45) is 13.0 Å². The number of fused-ring (bicyclic) bond motifs is 1. The van der Waals surface area contributed by atoms with Gasteiger partial charge in [0.05, 0.1) is 22.8 Å². The number of hydrogen-bond donors (Lipinski definition) is 1. The lowest BCUT2D eigenvalue weighted by molar-refractivity contribution is -0.118. The maximum Gasteiger partial charge on any atom is 0.230 e. The number of aliphatic hydroxyl groups excluding tert-OH is 1. The van der Waals surface area contributed by atoms with Crippen LogP contribution in [0.3, 0.4) is 0 Å². The quantitative estimate of drug-likeness (QED) is 0.433. The number of carbonyl (C=O) groups excluding carboxylic acids is 1. The topological polar surface area (TPSA) is 124 Å². The van der Waals surface area contributed by atoms with Crippen molar-refractivity contribution in [3.05, 3.63) is 59.6 Å². The standard InChI is InChI=1S/C28H29N7O3/c1-17-23-8-5-20(13-24(23)33(2)31-17)26-30-27(38-32-26)19-9-11-34(12-10-19)28(37)21-14-25(36)35(16-21)22-6-3-18(15-29)4-7-22/h3-8,13,19,21,28,37H,9-12,14,16H2,1-2H3. The normalized spacial score (nSPS) is 19.8. The monoisotopic (exact) mass is 511 g/mol. The SMILES string of the molecule is Cc1nn(C)c2cc(-c3noc(C4CCN(C(O)C5CC(=O)N(c6ccc(C#N)cc6)C5)CC4)n3)ccc12. The molecule has 2 saturated heterocycles. The number of anilines is 1. The second kappa shape index (κ2) is 9.67. The lowest BCUT2D eigenvalue weighted by Crippen LogP contribution is -2.45. The number of aryl methyl sites for hydroxylation is 2. The Morgan fingerprint density at radius 1 is 1.16 bits per heavy atom. The highest BCUT2D eigenvalue weighted by Gasteiger charge is 2.39. The summed E-state index contributed by atoms with van der Waals surface area (Å²) in [6.07, 6.45) is 1.18. The molecule has 2 aliphatic rings. The van der Waals surface area contributed by atoms with Crippen molar-refractivity contribution in [2.45, 2.75) is 38.3 Å². The van der Waals surface area contributed by atoms with E-state index in [-0.39, 0.29) is 17.7 Å². The number of nitrogens with zero attached hydrogens (tertiary/aromatic N) is 7. The zero-order valence-corrected chi connectivity index (χ0v) is 21.4. The molecular weight excluding hydrogens is 482 g/mol. The number of rotatable bonds is 5. The molecule has 1 N–H and O–H groups in total. The van der Waals surface area contributed by atoms with E-state index in [2.05, 4.69) is 16.3 Å². The Kier molecular flexibility index (Phi) is 6.18. The summed E-state index contributed by atoms with van der Waals surface area (Å²) >= 11 is 0. The van der Waals surface area contributed by atoms with Gasteiger partial charge in [-0.1, -0.05) is 17.3 Å². The fourth-order valence-electron chi connectivity index (χ4n) is 5.70. The highest BCUT2D eigenvalue weighted by atomic mass is 16.5. The third kappa shape index (κ3) is 4.34. The van der Waals surface area contributed by atoms with Gasteiger partial charge in [-0.05, 0) is 50.1 Å². The van der Waals surface area contributed by atoms with Crippen LogP contribution in [0.15, 0.2) is 47.0 Å². The first kappa shape index (κ1) is 24.3. The molecule has 38 heavy (non-hydrogen) atoms. The van der Waals surface area contributed by atoms with E-state index in [9.17, 15) is 9.90 Å². The van der Waals surface area contributed by atoms with Gasteiger partial charge in [-0.15, -0.1) is 0 Å². The molecule has 0 spiro atoms. The zero-order valence-electron chi connectivity index (χ0n) is 21.4. The molecule has 2 unspecified atom stereocenters. The van der Waals surface area contributed by atoms with Crippen LogP contribution in [0.1, 0.15) is 42.3 Å². The Hall–Kier alpha value is -4.07. The van der Waals surface area contributed by atoms with Crippen LogP contribution < -0.4 is 4.90 Å². The molecule has 4 heterocycles. The molecule has 4 aromatic rings. The minimum absolute atomic E-state index is 0.00787. The number of aromatic nitrogens is 4. The lowest BCUT2D eigenvalue weighted by Gasteiger charge is -2.36. The Balaban J connectivity index is 1.08. The minimum Gasteiger partial charge on any atom is -0.378 e. The number of amides is 1. The Morgan fingerprint density at radius 3 is 2.66 bits per heavy atom. The summed E-state index contributed by atoms with van der Waals surface area (Å²) in [7, 11) is 1.93. The molecule has 194 valence electrons. The van der Waals surface area contributed by atoms with Gasteiger partial charge in [0.15, 0.2) is 0 Å². The molecule has 2 atom stereocenters. The highest BCUT2D eigenvalue weighted by molar-refractivity contribution is 5.95. The fourth-order valence-corrected chi connectivity index (χ4v) is 5.70. The van der Waals surface area contributed by atoms with Crippen molar-refractivity contribution in [3.8, 4) is 17.5 Å². The molecule has 2 fully saturated rings. The molecule has 0 saturated carbocycles. The number of benzene rings is 2. The minimum atomic E-state index is -0.699. The van der Waals surface area contributed by atoms with Crippen LogP contribution >= 0.6 is 0 Å². The van der Waals surface area contributed by atoms with Crippen LogP contribution in [0.2, 0.25) is 0 Å². The second-order valence-corrected chi connectivity index (χ2v) is 10.2. The van der Waals surface area contributed by atoms with Crippen molar-refractivity contribution in [2.75, 3.05) is 24.5 Å². The van der Waals surface area contributed by atoms with Crippen LogP contribution in [0.5, 0.6) is 0 Å². The number of carbonyl (C=O) groups is 1. The van der Waals surface area contributed by atoms with E-state index in [0.717, 1.165) is 40.7 Å². The summed E-state index contributed by atoms with van der Waals surface area (Å²) in [6.45, 7) is 3.82. The molecular formula is C28H29N7O3. The summed E-state index contributed by atoms with van der Waals surface area (Å²) < 4.78 is 7.52. The third-order valence-electron chi connectivity index (χ3n) is 7.87. The van der Waals surface area contributed by atoms with Crippen molar-refractivity contribution >= 4 is 22.5 Å². The first-order valence-corrected chi connectivity index (χ1v) is 12.9. The van der Waals surface area contributed by atoms with Gasteiger partial charge in [0.25, 0.3) is 0 Å². The molecule has 10 heteroatoms. The van der Waals surface area contributed by atoms with Crippen LogP contribution in [0.4, 0.5) is 5.69 Å². The number of likely N-dealkylation sites (tertiary alicyclic amines) is 1. The number of hydrogen-bond acceptors (Lipinski definition) is 8. The molecule has 1 amide bonds. The van der Waals surface area contributed by atoms with Crippen molar-refractivity contribution in [1.29, 1.82) is 5.26 Å². The van der Waals surface area contributed by atoms with Crippen molar-refractivity contribution in [3.63, 3.8) is 0 Å². The molecule has 10 nitrogen and oxygen atoms in total. The van der Waals surface area contributed by atoms with Gasteiger partial charge < -0.3 is 14.5 Å². The summed E-state index contributed by atoms with van der Waals surface area (Å²) in [5, 5.41) is 29.9. The van der Waals surface area contributed by atoms with Gasteiger partial charge in [-0.3, -0.25) is 14.4 Å². The summed E-state index contributed by atoms with van der Waals surface area (Å²) in [5.41, 5.74) is 4.21. The molecule has 2 aliphatic heterocycles. The third-order valence-corrected chi connectivity index (χ3v) is 7.87. The van der Waals surface area contributed by atoms with Gasteiger partial charge in [0, 0.05) is 61.6 Å². The maximum absolute atomic E-state index is 12.7. The first-order valence-electron chi connectivity index (χ1n) is 12.9. The molecule has 2 aromatic carbocycles. The number of piperidine rings is 1. The first-order chi connectivity index (χ1) is 18.4. The summed E-state index contributed by atoms with van der Waals surface area (Å²) in [4.78, 5) is 21.1. The van der Waals surface area contributed by atoms with Crippen LogP contribution in [0.25, 0.3) is 22.3 Å². The maximum atomic E-state index is 12.7. The average molecular weight is 512 g/mol. The van der Waals surface area contributed by atoms with E-state index in [4.69, 9.17) is 14.8 Å². The summed E-state index contributed by atoms with van der Waals surface area (Å²) in [6, 6.07) is 15.1. The van der Waals surface area contributed by atoms with E-state index >= 15 is 0 Å². The lowest BCUT2D eigenvalue weighted by atomic mass is 9.95. The van der Waals surface area contributed by atoms with Crippen LogP contribution in [-0.2, 0) is 11.8 Å². The largest absolute Gasteiger partial charge is 0.378 e. The smallest absolute Gasteiger partial charge is 0.230 e. The second-order valence-electron chi connectivity index (χ2n) is 10.2. The Bertz CT molecular complexity index is 1530.